The van der Waals surface area contributed by atoms with Crippen molar-refractivity contribution in [3.8, 4) is 0 Å². The summed E-state index contributed by atoms with van der Waals surface area (Å²) in [7, 11) is 1.95. The van der Waals surface area contributed by atoms with Crippen LogP contribution in [0.5, 0.6) is 0 Å². The molecule has 16 heavy (non-hydrogen) atoms. The Labute approximate surface area is 106 Å². The van der Waals surface area contributed by atoms with Crippen LogP contribution < -0.4 is 5.32 Å². The minimum atomic E-state index is 0.718. The van der Waals surface area contributed by atoms with Crippen LogP contribution in [0.1, 0.15) is 26.0 Å². The quantitative estimate of drug-likeness (QED) is 0.815. The van der Waals surface area contributed by atoms with Gasteiger partial charge < -0.3 is 5.32 Å². The molecule has 0 aliphatic carbocycles. The van der Waals surface area contributed by atoms with Crippen molar-refractivity contribution in [3.05, 3.63) is 22.4 Å². The van der Waals surface area contributed by atoms with Gasteiger partial charge in [0.25, 0.3) is 0 Å². The van der Waals surface area contributed by atoms with Gasteiger partial charge in [-0.05, 0) is 47.4 Å². The molecular weight excluding hydrogens is 266 g/mol. The lowest BCUT2D eigenvalue weighted by Gasteiger charge is -2.04. The lowest BCUT2D eigenvalue weighted by atomic mass is 10.2. The van der Waals surface area contributed by atoms with Crippen molar-refractivity contribution in [1.82, 2.24) is 15.1 Å². The van der Waals surface area contributed by atoms with Crippen LogP contribution in [0.25, 0.3) is 6.08 Å². The van der Waals surface area contributed by atoms with Gasteiger partial charge in [-0.2, -0.15) is 5.10 Å². The fraction of sp³-hybridized carbons (Fsp3) is 0.583. The van der Waals surface area contributed by atoms with E-state index in [0.29, 0.717) is 0 Å². The Balaban J connectivity index is 2.27. The number of halogens is 1. The monoisotopic (exact) mass is 285 g/mol. The van der Waals surface area contributed by atoms with Crippen molar-refractivity contribution in [2.45, 2.75) is 20.3 Å². The Morgan fingerprint density at radius 2 is 2.31 bits per heavy atom. The molecule has 0 fully saturated rings. The van der Waals surface area contributed by atoms with Gasteiger partial charge in [0.1, 0.15) is 0 Å². The Hall–Kier alpha value is -0.610. The Kier molecular flexibility index (Phi) is 5.77. The minimum absolute atomic E-state index is 0.718. The molecule has 1 rings (SSSR count). The van der Waals surface area contributed by atoms with Crippen molar-refractivity contribution in [3.63, 3.8) is 0 Å². The number of hydrogen-bond donors (Lipinski definition) is 1. The molecule has 0 spiro atoms. The van der Waals surface area contributed by atoms with Gasteiger partial charge in [-0.25, -0.2) is 0 Å². The summed E-state index contributed by atoms with van der Waals surface area (Å²) in [4.78, 5) is 0. The van der Waals surface area contributed by atoms with Crippen LogP contribution >= 0.6 is 15.9 Å². The van der Waals surface area contributed by atoms with Crippen molar-refractivity contribution >= 4 is 22.0 Å². The number of aryl methyl sites for hydroxylation is 1. The van der Waals surface area contributed by atoms with Crippen LogP contribution in [0.15, 0.2) is 16.7 Å². The molecule has 0 radical (unpaired) electrons. The lowest BCUT2D eigenvalue weighted by Crippen LogP contribution is -2.20. The van der Waals surface area contributed by atoms with Gasteiger partial charge in [0.2, 0.25) is 0 Å². The average molecular weight is 286 g/mol. The van der Waals surface area contributed by atoms with Crippen LogP contribution in [0.4, 0.5) is 0 Å². The summed E-state index contributed by atoms with van der Waals surface area (Å²) in [6.07, 6.45) is 7.14. The van der Waals surface area contributed by atoms with E-state index in [9.17, 15) is 0 Å². The number of aromatic nitrogens is 2. The first-order valence-electron chi connectivity index (χ1n) is 5.66. The van der Waals surface area contributed by atoms with Crippen molar-refractivity contribution < 1.29 is 0 Å². The molecule has 0 aliphatic heterocycles. The van der Waals surface area contributed by atoms with E-state index in [4.69, 9.17) is 0 Å². The number of rotatable bonds is 6. The van der Waals surface area contributed by atoms with Crippen molar-refractivity contribution in [2.24, 2.45) is 13.0 Å². The molecule has 0 atom stereocenters. The van der Waals surface area contributed by atoms with Crippen LogP contribution in [0, 0.1) is 5.92 Å². The van der Waals surface area contributed by atoms with E-state index in [1.807, 2.05) is 17.9 Å². The highest BCUT2D eigenvalue weighted by molar-refractivity contribution is 9.10. The molecule has 0 saturated carbocycles. The predicted molar refractivity (Wildman–Crippen MR) is 72.3 cm³/mol. The van der Waals surface area contributed by atoms with E-state index in [1.54, 1.807) is 0 Å². The van der Waals surface area contributed by atoms with Gasteiger partial charge in [-0.3, -0.25) is 4.68 Å². The maximum atomic E-state index is 4.16. The fourth-order valence-corrected chi connectivity index (χ4v) is 1.86. The van der Waals surface area contributed by atoms with Crippen LogP contribution in [-0.2, 0) is 7.05 Å². The summed E-state index contributed by atoms with van der Waals surface area (Å²) in [5, 5.41) is 7.57. The topological polar surface area (TPSA) is 29.9 Å². The Bertz CT molecular complexity index is 323. The third-order valence-electron chi connectivity index (χ3n) is 2.25. The number of nitrogens with zero attached hydrogens (tertiary/aromatic N) is 2. The Morgan fingerprint density at radius 3 is 2.88 bits per heavy atom. The molecule has 0 aliphatic rings. The van der Waals surface area contributed by atoms with Crippen LogP contribution in [0.2, 0.25) is 0 Å². The van der Waals surface area contributed by atoms with Gasteiger partial charge in [0.15, 0.2) is 0 Å². The third kappa shape index (κ3) is 4.49. The SMILES string of the molecule is CC(C)CNCC/C=C/c1c(Br)cnn1C. The zero-order valence-electron chi connectivity index (χ0n) is 10.2. The first-order valence-corrected chi connectivity index (χ1v) is 6.45. The van der Waals surface area contributed by atoms with Crippen LogP contribution in [0.3, 0.4) is 0 Å². The standard InChI is InChI=1S/C12H20BrN3/c1-10(2)8-14-7-5-4-6-12-11(13)9-15-16(12)3/h4,6,9-10,14H,5,7-8H2,1-3H3/b6-4+. The van der Waals surface area contributed by atoms with Gasteiger partial charge in [-0.15, -0.1) is 0 Å². The summed E-state index contributed by atoms with van der Waals surface area (Å²) in [6, 6.07) is 0. The highest BCUT2D eigenvalue weighted by atomic mass is 79.9. The molecule has 1 heterocycles. The fourth-order valence-electron chi connectivity index (χ4n) is 1.38. The van der Waals surface area contributed by atoms with Gasteiger partial charge >= 0.3 is 0 Å². The number of nitrogens with one attached hydrogen (secondary N) is 1. The molecule has 3 nitrogen and oxygen atoms in total. The van der Waals surface area contributed by atoms with Crippen molar-refractivity contribution in [2.75, 3.05) is 13.1 Å². The van der Waals surface area contributed by atoms with Crippen LogP contribution in [-0.4, -0.2) is 22.9 Å². The summed E-state index contributed by atoms with van der Waals surface area (Å²) < 4.78 is 2.91. The van der Waals surface area contributed by atoms with E-state index in [0.717, 1.165) is 35.6 Å². The third-order valence-corrected chi connectivity index (χ3v) is 2.86. The first kappa shape index (κ1) is 13.5. The van der Waals surface area contributed by atoms with Gasteiger partial charge in [0.05, 0.1) is 16.4 Å². The molecule has 0 amide bonds. The summed E-state index contributed by atoms with van der Waals surface area (Å²) in [6.45, 7) is 6.55. The highest BCUT2D eigenvalue weighted by Gasteiger charge is 2.00. The molecule has 4 heteroatoms. The molecule has 1 aromatic rings. The second kappa shape index (κ2) is 6.86. The van der Waals surface area contributed by atoms with Gasteiger partial charge in [0, 0.05) is 7.05 Å². The minimum Gasteiger partial charge on any atom is -0.316 e. The Morgan fingerprint density at radius 1 is 1.56 bits per heavy atom. The first-order chi connectivity index (χ1) is 7.61. The average Bonchev–Trinajstić information content (AvgIpc) is 2.53. The van der Waals surface area contributed by atoms with Crippen molar-refractivity contribution in [1.29, 1.82) is 0 Å². The summed E-state index contributed by atoms with van der Waals surface area (Å²) >= 11 is 3.47. The lowest BCUT2D eigenvalue weighted by molar-refractivity contribution is 0.557. The molecular formula is C12H20BrN3. The smallest absolute Gasteiger partial charge is 0.0745 e. The van der Waals surface area contributed by atoms with E-state index < -0.39 is 0 Å². The molecule has 0 saturated heterocycles. The molecule has 1 N–H and O–H groups in total. The van der Waals surface area contributed by atoms with E-state index >= 15 is 0 Å². The van der Waals surface area contributed by atoms with E-state index in [2.05, 4.69) is 52.3 Å². The summed E-state index contributed by atoms with van der Waals surface area (Å²) in [5.41, 5.74) is 1.11. The largest absolute Gasteiger partial charge is 0.316 e. The molecule has 0 aromatic carbocycles. The molecule has 1 aromatic heterocycles. The second-order valence-corrected chi connectivity index (χ2v) is 5.14. The predicted octanol–water partition coefficient (Wildman–Crippen LogP) is 2.83. The van der Waals surface area contributed by atoms with E-state index in [1.165, 1.54) is 0 Å². The maximum absolute atomic E-state index is 4.16. The van der Waals surface area contributed by atoms with E-state index in [-0.39, 0.29) is 0 Å². The second-order valence-electron chi connectivity index (χ2n) is 4.29. The summed E-state index contributed by atoms with van der Waals surface area (Å²) in [5.74, 6) is 0.718. The zero-order chi connectivity index (χ0) is 12.0. The molecule has 90 valence electrons. The maximum Gasteiger partial charge on any atom is 0.0745 e. The zero-order valence-corrected chi connectivity index (χ0v) is 11.8. The number of hydrogen-bond acceptors (Lipinski definition) is 2. The molecule has 0 bridgehead atoms. The normalized spacial score (nSPS) is 11.8. The highest BCUT2D eigenvalue weighted by Crippen LogP contribution is 2.16. The molecule has 0 unspecified atom stereocenters. The van der Waals surface area contributed by atoms with Gasteiger partial charge in [-0.1, -0.05) is 19.9 Å².